The average Bonchev–Trinajstić information content (AvgIpc) is 2.92. The molecule has 4 amide bonds. The second-order valence-electron chi connectivity index (χ2n) is 7.73. The van der Waals surface area contributed by atoms with Gasteiger partial charge in [-0.2, -0.15) is 0 Å². The number of halogens is 1. The summed E-state index contributed by atoms with van der Waals surface area (Å²) in [6, 6.07) is 3.64. The molecular weight excluding hydrogens is 493 g/mol. The molecule has 1 unspecified atom stereocenters. The van der Waals surface area contributed by atoms with Gasteiger partial charge in [0.05, 0.1) is 24.8 Å². The minimum atomic E-state index is -1.02. The molecule has 1 saturated heterocycles. The molecule has 29 heavy (non-hydrogen) atoms. The number of rotatable bonds is 7. The molecule has 1 aromatic carbocycles. The van der Waals surface area contributed by atoms with Crippen molar-refractivity contribution in [1.82, 2.24) is 15.4 Å². The number of imide groups is 2. The zero-order chi connectivity index (χ0) is 21.3. The van der Waals surface area contributed by atoms with Crippen molar-refractivity contribution >= 4 is 46.2 Å². The molecule has 156 valence electrons. The van der Waals surface area contributed by atoms with Crippen LogP contribution in [0.2, 0.25) is 0 Å². The number of amides is 4. The summed E-state index contributed by atoms with van der Waals surface area (Å²) in [5.41, 5.74) is 0.162. The van der Waals surface area contributed by atoms with Crippen LogP contribution >= 0.6 is 22.6 Å². The first-order valence-electron chi connectivity index (χ1n) is 9.10. The van der Waals surface area contributed by atoms with E-state index in [2.05, 4.69) is 27.9 Å². The van der Waals surface area contributed by atoms with Gasteiger partial charge in [0.1, 0.15) is 6.04 Å². The third-order valence-electron chi connectivity index (χ3n) is 4.66. The number of piperidine rings is 1. The van der Waals surface area contributed by atoms with Crippen LogP contribution in [0.15, 0.2) is 18.2 Å². The second-order valence-corrected chi connectivity index (χ2v) is 8.49. The number of hydrogen-bond acceptors (Lipinski definition) is 7. The maximum Gasteiger partial charge on any atom is 0.266 e. The van der Waals surface area contributed by atoms with Gasteiger partial charge < -0.3 is 4.84 Å². The number of nitrogens with zero attached hydrogens (tertiary/aromatic N) is 2. The molecule has 0 aromatic heterocycles. The number of hydrogen-bond donors (Lipinski definition) is 1. The van der Waals surface area contributed by atoms with Gasteiger partial charge >= 0.3 is 0 Å². The smallest absolute Gasteiger partial charge is 0.266 e. The normalized spacial score (nSPS) is 19.6. The summed E-state index contributed by atoms with van der Waals surface area (Å²) < 4.78 is 0.882. The molecule has 0 aliphatic carbocycles. The lowest BCUT2D eigenvalue weighted by Gasteiger charge is -2.28. The monoisotopic (exact) mass is 515 g/mol. The fraction of sp³-hybridized carbons (Fsp3) is 0.474. The van der Waals surface area contributed by atoms with Crippen LogP contribution in [0, 0.1) is 5.41 Å². The maximum absolute atomic E-state index is 13.0. The van der Waals surface area contributed by atoms with E-state index in [1.54, 1.807) is 19.2 Å². The summed E-state index contributed by atoms with van der Waals surface area (Å²) in [6.07, 6.45) is 0.164. The van der Waals surface area contributed by atoms with Crippen LogP contribution in [0.4, 0.5) is 0 Å². The standard InChI is InChI=1S/C19H22IN3O6/c1-19(2,9-20)10-28-22(3)29-13-6-4-5-11-15(13)18(27)23(17(11)26)12-7-8-14(24)21-16(12)25/h4-6,12H,7-10H2,1-3H3,(H,21,24,25). The Morgan fingerprint density at radius 3 is 2.62 bits per heavy atom. The number of nitrogens with one attached hydrogen (secondary N) is 1. The second kappa shape index (κ2) is 8.36. The molecule has 1 atom stereocenters. The SMILES string of the molecule is CN(OCC(C)(C)CI)Oc1cccc2c1C(=O)N(C1CCC(=O)NC1=O)C2=O. The van der Waals surface area contributed by atoms with Crippen LogP contribution in [0.3, 0.4) is 0 Å². The van der Waals surface area contributed by atoms with Gasteiger partial charge in [0.15, 0.2) is 5.75 Å². The van der Waals surface area contributed by atoms with Crippen molar-refractivity contribution in [3.8, 4) is 5.75 Å². The molecule has 9 nitrogen and oxygen atoms in total. The molecule has 2 aliphatic rings. The quantitative estimate of drug-likeness (QED) is 0.255. The summed E-state index contributed by atoms with van der Waals surface area (Å²) in [7, 11) is 1.56. The minimum Gasteiger partial charge on any atom is -0.380 e. The van der Waals surface area contributed by atoms with E-state index in [1.165, 1.54) is 6.07 Å². The van der Waals surface area contributed by atoms with Crippen molar-refractivity contribution in [3.63, 3.8) is 0 Å². The number of hydroxylamine groups is 2. The topological polar surface area (TPSA) is 105 Å². The van der Waals surface area contributed by atoms with E-state index in [9.17, 15) is 19.2 Å². The first-order valence-corrected chi connectivity index (χ1v) is 10.6. The molecule has 3 rings (SSSR count). The Balaban J connectivity index is 1.80. The summed E-state index contributed by atoms with van der Waals surface area (Å²) in [5, 5.41) is 3.32. The van der Waals surface area contributed by atoms with Crippen molar-refractivity contribution in [2.75, 3.05) is 18.1 Å². The van der Waals surface area contributed by atoms with E-state index in [4.69, 9.17) is 9.68 Å². The predicted molar refractivity (Wildman–Crippen MR) is 110 cm³/mol. The summed E-state index contributed by atoms with van der Waals surface area (Å²) in [4.78, 5) is 61.5. The Kier molecular flexibility index (Phi) is 6.24. The third kappa shape index (κ3) is 4.43. The lowest BCUT2D eigenvalue weighted by atomic mass is 9.99. The van der Waals surface area contributed by atoms with Crippen LogP contribution in [-0.4, -0.2) is 57.9 Å². The van der Waals surface area contributed by atoms with Gasteiger partial charge in [-0.05, 0) is 29.2 Å². The van der Waals surface area contributed by atoms with E-state index in [1.807, 2.05) is 13.8 Å². The van der Waals surface area contributed by atoms with Gasteiger partial charge in [0, 0.05) is 10.8 Å². The lowest BCUT2D eigenvalue weighted by molar-refractivity contribution is -0.310. The van der Waals surface area contributed by atoms with Gasteiger partial charge in [-0.25, -0.2) is 0 Å². The minimum absolute atomic E-state index is 0.0643. The van der Waals surface area contributed by atoms with Crippen LogP contribution in [0.5, 0.6) is 5.75 Å². The van der Waals surface area contributed by atoms with E-state index in [-0.39, 0.29) is 35.1 Å². The Hall–Kier alpha value is -2.05. The van der Waals surface area contributed by atoms with Gasteiger partial charge in [0.25, 0.3) is 11.8 Å². The van der Waals surface area contributed by atoms with E-state index < -0.39 is 29.7 Å². The molecule has 0 bridgehead atoms. The molecule has 0 saturated carbocycles. The van der Waals surface area contributed by atoms with Crippen molar-refractivity contribution in [1.29, 1.82) is 0 Å². The van der Waals surface area contributed by atoms with Crippen LogP contribution < -0.4 is 10.2 Å². The summed E-state index contributed by atoms with van der Waals surface area (Å²) >= 11 is 2.27. The fourth-order valence-corrected chi connectivity index (χ4v) is 3.25. The van der Waals surface area contributed by atoms with Crippen LogP contribution in [0.25, 0.3) is 0 Å². The lowest BCUT2D eigenvalue weighted by Crippen LogP contribution is -2.54. The highest BCUT2D eigenvalue weighted by atomic mass is 127. The Morgan fingerprint density at radius 2 is 1.97 bits per heavy atom. The van der Waals surface area contributed by atoms with Crippen molar-refractivity contribution in [2.24, 2.45) is 5.41 Å². The number of carbonyl (C=O) groups excluding carboxylic acids is 4. The van der Waals surface area contributed by atoms with E-state index >= 15 is 0 Å². The van der Waals surface area contributed by atoms with Gasteiger partial charge in [-0.15, -0.1) is 0 Å². The number of benzene rings is 1. The van der Waals surface area contributed by atoms with Gasteiger partial charge in [-0.1, -0.05) is 42.5 Å². The highest BCUT2D eigenvalue weighted by molar-refractivity contribution is 14.1. The third-order valence-corrected chi connectivity index (χ3v) is 6.72. The van der Waals surface area contributed by atoms with Gasteiger partial charge in [-0.3, -0.25) is 34.2 Å². The van der Waals surface area contributed by atoms with Crippen molar-refractivity contribution < 1.29 is 28.9 Å². The Bertz CT molecular complexity index is 872. The number of carbonyl (C=O) groups is 4. The summed E-state index contributed by atoms with van der Waals surface area (Å²) in [5.74, 6) is -2.12. The molecule has 0 radical (unpaired) electrons. The highest BCUT2D eigenvalue weighted by Gasteiger charge is 2.46. The maximum atomic E-state index is 13.0. The zero-order valence-electron chi connectivity index (χ0n) is 16.4. The molecule has 0 spiro atoms. The number of fused-ring (bicyclic) bond motifs is 1. The van der Waals surface area contributed by atoms with E-state index in [0.717, 1.165) is 14.6 Å². The molecule has 2 heterocycles. The Labute approximate surface area is 181 Å². The van der Waals surface area contributed by atoms with Crippen molar-refractivity contribution in [3.05, 3.63) is 29.3 Å². The Morgan fingerprint density at radius 1 is 1.24 bits per heavy atom. The molecule has 10 heteroatoms. The first-order chi connectivity index (χ1) is 13.6. The first kappa shape index (κ1) is 21.7. The van der Waals surface area contributed by atoms with E-state index in [0.29, 0.717) is 6.61 Å². The largest absolute Gasteiger partial charge is 0.380 e. The molecular formula is C19H22IN3O6. The average molecular weight is 515 g/mol. The molecule has 1 fully saturated rings. The predicted octanol–water partition coefficient (Wildman–Crippen LogP) is 1.71. The van der Waals surface area contributed by atoms with Crippen LogP contribution in [0.1, 0.15) is 47.4 Å². The molecule has 1 N–H and O–H groups in total. The summed E-state index contributed by atoms with van der Waals surface area (Å²) in [6.45, 7) is 4.50. The fourth-order valence-electron chi connectivity index (χ4n) is 3.03. The zero-order valence-corrected chi connectivity index (χ0v) is 18.5. The highest BCUT2D eigenvalue weighted by Crippen LogP contribution is 2.34. The molecule has 2 aliphatic heterocycles. The number of alkyl halides is 1. The van der Waals surface area contributed by atoms with Crippen LogP contribution in [-0.2, 0) is 14.4 Å². The molecule has 1 aromatic rings. The van der Waals surface area contributed by atoms with Crippen molar-refractivity contribution in [2.45, 2.75) is 32.7 Å². The van der Waals surface area contributed by atoms with Gasteiger partial charge in [0.2, 0.25) is 11.8 Å².